The van der Waals surface area contributed by atoms with Gasteiger partial charge in [0.05, 0.1) is 0 Å². The maximum Gasteiger partial charge on any atom is 0.0153 e. The quantitative estimate of drug-likeness (QED) is 0.474. The molecule has 1 aromatic rings. The lowest BCUT2D eigenvalue weighted by molar-refractivity contribution is 0.722. The van der Waals surface area contributed by atoms with Gasteiger partial charge in [-0.25, -0.2) is 0 Å². The third-order valence-electron chi connectivity index (χ3n) is 2.34. The number of hydrogen-bond donors (Lipinski definition) is 0. The predicted molar refractivity (Wildman–Crippen MR) is 69.0 cm³/mol. The Balaban J connectivity index is 2.37. The highest BCUT2D eigenvalue weighted by molar-refractivity contribution is 14.1. The lowest BCUT2D eigenvalue weighted by Crippen LogP contribution is -2.13. The Morgan fingerprint density at radius 3 is 2.92 bits per heavy atom. The Morgan fingerprint density at radius 2 is 2.08 bits per heavy atom. The zero-order valence-electron chi connectivity index (χ0n) is 6.69. The van der Waals surface area contributed by atoms with Gasteiger partial charge < -0.3 is 0 Å². The summed E-state index contributed by atoms with van der Waals surface area (Å²) in [7, 11) is 0. The van der Waals surface area contributed by atoms with Gasteiger partial charge in [-0.2, -0.15) is 0 Å². The van der Waals surface area contributed by atoms with Crippen LogP contribution < -0.4 is 0 Å². The number of rotatable bonds is 0. The maximum atomic E-state index is 2.56. The average molecular weight is 384 g/mol. The molecule has 64 valence electrons. The number of aryl methyl sites for hydroxylation is 1. The van der Waals surface area contributed by atoms with Crippen molar-refractivity contribution >= 4 is 45.2 Å². The van der Waals surface area contributed by atoms with E-state index in [0.717, 1.165) is 3.92 Å². The van der Waals surface area contributed by atoms with Gasteiger partial charge in [0, 0.05) is 7.49 Å². The third kappa shape index (κ3) is 1.95. The zero-order valence-corrected chi connectivity index (χ0v) is 11.0. The summed E-state index contributed by atoms with van der Waals surface area (Å²) in [6.45, 7) is 0. The van der Waals surface area contributed by atoms with Gasteiger partial charge in [-0.05, 0) is 65.1 Å². The molecule has 0 spiro atoms. The van der Waals surface area contributed by atoms with E-state index in [-0.39, 0.29) is 0 Å². The fourth-order valence-corrected chi connectivity index (χ4v) is 3.02. The van der Waals surface area contributed by atoms with Crippen molar-refractivity contribution in [1.82, 2.24) is 0 Å². The minimum Gasteiger partial charge on any atom is -0.0822 e. The van der Waals surface area contributed by atoms with Crippen LogP contribution >= 0.6 is 45.2 Å². The average Bonchev–Trinajstić information content (AvgIpc) is 2.05. The summed E-state index contributed by atoms with van der Waals surface area (Å²) in [5.74, 6) is 0. The van der Waals surface area contributed by atoms with E-state index in [1.807, 2.05) is 0 Å². The van der Waals surface area contributed by atoms with E-state index in [4.69, 9.17) is 0 Å². The number of alkyl halides is 1. The molecule has 1 aliphatic carbocycles. The molecule has 0 aliphatic heterocycles. The molecule has 0 saturated carbocycles. The summed E-state index contributed by atoms with van der Waals surface area (Å²) in [6, 6.07) is 6.84. The van der Waals surface area contributed by atoms with E-state index in [9.17, 15) is 0 Å². The molecule has 1 aliphatic rings. The van der Waals surface area contributed by atoms with Gasteiger partial charge in [-0.3, -0.25) is 0 Å². The topological polar surface area (TPSA) is 0 Å². The van der Waals surface area contributed by atoms with Crippen molar-refractivity contribution in [1.29, 1.82) is 0 Å². The van der Waals surface area contributed by atoms with Gasteiger partial charge in [0.25, 0.3) is 0 Å². The Labute approximate surface area is 100 Å². The molecule has 12 heavy (non-hydrogen) atoms. The molecule has 2 rings (SSSR count). The summed E-state index contributed by atoms with van der Waals surface area (Å²) in [4.78, 5) is 0. The van der Waals surface area contributed by atoms with E-state index in [0.29, 0.717) is 0 Å². The van der Waals surface area contributed by atoms with E-state index >= 15 is 0 Å². The third-order valence-corrected chi connectivity index (χ3v) is 4.07. The van der Waals surface area contributed by atoms with Crippen LogP contribution in [0.5, 0.6) is 0 Å². The Morgan fingerprint density at radius 1 is 1.25 bits per heavy atom. The molecule has 0 bridgehead atoms. The molecule has 0 fully saturated rings. The predicted octanol–water partition coefficient (Wildman–Crippen LogP) is 3.58. The summed E-state index contributed by atoms with van der Waals surface area (Å²) < 4.78 is 2.23. The van der Waals surface area contributed by atoms with Gasteiger partial charge in [-0.1, -0.05) is 28.7 Å². The molecular weight excluding hydrogens is 374 g/mol. The fraction of sp³-hybridized carbons (Fsp3) is 0.400. The van der Waals surface area contributed by atoms with Crippen LogP contribution in [0.15, 0.2) is 18.2 Å². The van der Waals surface area contributed by atoms with E-state index in [2.05, 4.69) is 63.4 Å². The van der Waals surface area contributed by atoms with Crippen molar-refractivity contribution in [3.63, 3.8) is 0 Å². The molecule has 0 nitrogen and oxygen atoms in total. The van der Waals surface area contributed by atoms with Gasteiger partial charge in [-0.15, -0.1) is 0 Å². The molecule has 0 aromatic heterocycles. The molecule has 0 heterocycles. The van der Waals surface area contributed by atoms with Crippen LogP contribution in [0.2, 0.25) is 0 Å². The van der Waals surface area contributed by atoms with Crippen molar-refractivity contribution in [3.8, 4) is 0 Å². The molecule has 2 heteroatoms. The molecule has 0 amide bonds. The van der Waals surface area contributed by atoms with Gasteiger partial charge in [0.1, 0.15) is 0 Å². The Hall–Kier alpha value is 0.680. The fourth-order valence-electron chi connectivity index (χ4n) is 1.68. The summed E-state index contributed by atoms with van der Waals surface area (Å²) in [5, 5.41) is 0. The summed E-state index contributed by atoms with van der Waals surface area (Å²) in [5.41, 5.74) is 3.15. The van der Waals surface area contributed by atoms with E-state index in [1.54, 1.807) is 11.1 Å². The number of hydrogen-bond acceptors (Lipinski definition) is 0. The van der Waals surface area contributed by atoms with Gasteiger partial charge >= 0.3 is 0 Å². The van der Waals surface area contributed by atoms with E-state index < -0.39 is 0 Å². The monoisotopic (exact) mass is 384 g/mol. The molecule has 0 radical (unpaired) electrons. The first kappa shape index (κ1) is 9.24. The molecule has 0 saturated heterocycles. The minimum atomic E-state index is 0.857. The molecule has 1 aromatic carbocycles. The second-order valence-electron chi connectivity index (χ2n) is 3.25. The normalized spacial score (nSPS) is 22.0. The minimum absolute atomic E-state index is 0.857. The van der Waals surface area contributed by atoms with Crippen LogP contribution in [-0.4, -0.2) is 3.92 Å². The Bertz CT molecular complexity index is 294. The highest BCUT2D eigenvalue weighted by Crippen LogP contribution is 2.26. The molecule has 1 unspecified atom stereocenters. The molecular formula is C10H10I2. The number of halogens is 2. The first-order valence-electron chi connectivity index (χ1n) is 4.17. The van der Waals surface area contributed by atoms with Crippen molar-refractivity contribution < 1.29 is 0 Å². The standard InChI is InChI=1S/C10H10I2/c11-9-3-1-7-5-10(12)4-2-8(7)6-9/h1,3,6,10H,2,4-5H2. The molecule has 0 N–H and O–H groups in total. The van der Waals surface area contributed by atoms with Crippen LogP contribution in [0.25, 0.3) is 0 Å². The summed E-state index contributed by atoms with van der Waals surface area (Å²) in [6.07, 6.45) is 3.90. The van der Waals surface area contributed by atoms with Crippen molar-refractivity contribution in [3.05, 3.63) is 32.9 Å². The van der Waals surface area contributed by atoms with Gasteiger partial charge in [0.2, 0.25) is 0 Å². The van der Waals surface area contributed by atoms with Crippen molar-refractivity contribution in [2.45, 2.75) is 23.2 Å². The first-order chi connectivity index (χ1) is 5.75. The van der Waals surface area contributed by atoms with Crippen LogP contribution in [0.1, 0.15) is 17.5 Å². The first-order valence-corrected chi connectivity index (χ1v) is 6.49. The highest BCUT2D eigenvalue weighted by atomic mass is 127. The SMILES string of the molecule is Ic1ccc2c(c1)CCC(I)C2. The Kier molecular flexibility index (Phi) is 2.94. The van der Waals surface area contributed by atoms with Crippen LogP contribution in [0.3, 0.4) is 0 Å². The van der Waals surface area contributed by atoms with Crippen LogP contribution in [0, 0.1) is 3.57 Å². The lowest BCUT2D eigenvalue weighted by atomic mass is 9.92. The largest absolute Gasteiger partial charge is 0.0822 e. The van der Waals surface area contributed by atoms with Gasteiger partial charge in [0.15, 0.2) is 0 Å². The number of benzene rings is 1. The smallest absolute Gasteiger partial charge is 0.0153 e. The highest BCUT2D eigenvalue weighted by Gasteiger charge is 2.15. The summed E-state index contributed by atoms with van der Waals surface area (Å²) >= 11 is 4.95. The van der Waals surface area contributed by atoms with Crippen LogP contribution in [0.4, 0.5) is 0 Å². The number of fused-ring (bicyclic) bond motifs is 1. The second-order valence-corrected chi connectivity index (χ2v) is 6.26. The molecule has 1 atom stereocenters. The van der Waals surface area contributed by atoms with Crippen molar-refractivity contribution in [2.24, 2.45) is 0 Å². The van der Waals surface area contributed by atoms with E-state index in [1.165, 1.54) is 22.8 Å². The second kappa shape index (κ2) is 3.82. The maximum absolute atomic E-state index is 2.56. The van der Waals surface area contributed by atoms with Crippen LogP contribution in [-0.2, 0) is 12.8 Å². The zero-order chi connectivity index (χ0) is 8.55. The van der Waals surface area contributed by atoms with Crippen molar-refractivity contribution in [2.75, 3.05) is 0 Å². The lowest BCUT2D eigenvalue weighted by Gasteiger charge is -2.20.